The first-order valence-electron chi connectivity index (χ1n) is 6.72. The summed E-state index contributed by atoms with van der Waals surface area (Å²) < 4.78 is 0. The molecule has 92 valence electrons. The van der Waals surface area contributed by atoms with Gasteiger partial charge in [0.15, 0.2) is 0 Å². The van der Waals surface area contributed by atoms with Crippen molar-refractivity contribution in [2.75, 3.05) is 13.1 Å². The molecule has 2 fully saturated rings. The molecule has 2 rings (SSSR count). The van der Waals surface area contributed by atoms with Gasteiger partial charge in [0.05, 0.1) is 0 Å². The van der Waals surface area contributed by atoms with Crippen molar-refractivity contribution >= 4 is 6.03 Å². The van der Waals surface area contributed by atoms with Crippen LogP contribution in [0.3, 0.4) is 0 Å². The van der Waals surface area contributed by atoms with E-state index in [1.165, 1.54) is 32.1 Å². The predicted octanol–water partition coefficient (Wildman–Crippen LogP) is 2.62. The van der Waals surface area contributed by atoms with E-state index in [4.69, 9.17) is 0 Å². The molecule has 1 N–H and O–H groups in total. The summed E-state index contributed by atoms with van der Waals surface area (Å²) in [6.07, 6.45) is 5.98. The van der Waals surface area contributed by atoms with Crippen LogP contribution in [0.2, 0.25) is 0 Å². The van der Waals surface area contributed by atoms with Gasteiger partial charge in [0, 0.05) is 19.1 Å². The third-order valence-electron chi connectivity index (χ3n) is 4.20. The van der Waals surface area contributed by atoms with E-state index in [-0.39, 0.29) is 6.03 Å². The molecule has 16 heavy (non-hydrogen) atoms. The molecule has 0 radical (unpaired) electrons. The molecule has 0 atom stereocenters. The van der Waals surface area contributed by atoms with Gasteiger partial charge in [0.2, 0.25) is 0 Å². The van der Waals surface area contributed by atoms with E-state index < -0.39 is 0 Å². The topological polar surface area (TPSA) is 32.3 Å². The lowest BCUT2D eigenvalue weighted by Gasteiger charge is -2.36. The van der Waals surface area contributed by atoms with Crippen molar-refractivity contribution < 1.29 is 4.79 Å². The number of nitrogens with one attached hydrogen (secondary N) is 1. The molecule has 1 aliphatic heterocycles. The van der Waals surface area contributed by atoms with Crippen molar-refractivity contribution in [3.05, 3.63) is 0 Å². The van der Waals surface area contributed by atoms with Crippen molar-refractivity contribution in [2.24, 2.45) is 11.8 Å². The highest BCUT2D eigenvalue weighted by molar-refractivity contribution is 5.74. The smallest absolute Gasteiger partial charge is 0.317 e. The van der Waals surface area contributed by atoms with Crippen LogP contribution in [0.15, 0.2) is 0 Å². The van der Waals surface area contributed by atoms with E-state index >= 15 is 0 Å². The SMILES string of the molecule is CC(C)C1CCN(C(=O)NC2CCC2)CC1. The zero-order chi connectivity index (χ0) is 11.5. The highest BCUT2D eigenvalue weighted by Gasteiger charge is 2.27. The summed E-state index contributed by atoms with van der Waals surface area (Å²) in [6, 6.07) is 0.641. The monoisotopic (exact) mass is 224 g/mol. The Morgan fingerprint density at radius 2 is 1.81 bits per heavy atom. The molecule has 0 bridgehead atoms. The number of carbonyl (C=O) groups excluding carboxylic acids is 1. The number of carbonyl (C=O) groups is 1. The lowest BCUT2D eigenvalue weighted by Crippen LogP contribution is -2.49. The van der Waals surface area contributed by atoms with Crippen molar-refractivity contribution in [3.63, 3.8) is 0 Å². The Morgan fingerprint density at radius 1 is 1.19 bits per heavy atom. The molecular formula is C13H24N2O. The standard InChI is InChI=1S/C13H24N2O/c1-10(2)11-6-8-15(9-7-11)13(16)14-12-4-3-5-12/h10-12H,3-9H2,1-2H3,(H,14,16). The first-order chi connectivity index (χ1) is 7.66. The molecule has 0 aromatic heterocycles. The fraction of sp³-hybridized carbons (Fsp3) is 0.923. The Balaban J connectivity index is 1.72. The van der Waals surface area contributed by atoms with E-state index in [2.05, 4.69) is 19.2 Å². The predicted molar refractivity (Wildman–Crippen MR) is 65.3 cm³/mol. The van der Waals surface area contributed by atoms with E-state index in [9.17, 15) is 4.79 Å². The number of nitrogens with zero attached hydrogens (tertiary/aromatic N) is 1. The zero-order valence-electron chi connectivity index (χ0n) is 10.5. The Labute approximate surface area is 98.6 Å². The van der Waals surface area contributed by atoms with Gasteiger partial charge in [0.1, 0.15) is 0 Å². The van der Waals surface area contributed by atoms with Crippen LogP contribution in [-0.2, 0) is 0 Å². The fourth-order valence-corrected chi connectivity index (χ4v) is 2.59. The molecule has 3 nitrogen and oxygen atoms in total. The summed E-state index contributed by atoms with van der Waals surface area (Å²) in [5.41, 5.74) is 0. The summed E-state index contributed by atoms with van der Waals surface area (Å²) in [5, 5.41) is 3.12. The van der Waals surface area contributed by atoms with Gasteiger partial charge in [-0.05, 0) is 43.9 Å². The maximum Gasteiger partial charge on any atom is 0.317 e. The van der Waals surface area contributed by atoms with Crippen molar-refractivity contribution in [1.29, 1.82) is 0 Å². The lowest BCUT2D eigenvalue weighted by atomic mass is 9.87. The molecular weight excluding hydrogens is 200 g/mol. The highest BCUT2D eigenvalue weighted by atomic mass is 16.2. The van der Waals surface area contributed by atoms with Gasteiger partial charge in [-0.1, -0.05) is 13.8 Å². The Bertz CT molecular complexity index is 240. The summed E-state index contributed by atoms with van der Waals surface area (Å²) >= 11 is 0. The van der Waals surface area contributed by atoms with Crippen molar-refractivity contribution in [1.82, 2.24) is 10.2 Å². The van der Waals surface area contributed by atoms with Gasteiger partial charge < -0.3 is 10.2 Å². The largest absolute Gasteiger partial charge is 0.335 e. The van der Waals surface area contributed by atoms with E-state index in [0.29, 0.717) is 6.04 Å². The van der Waals surface area contributed by atoms with Crippen LogP contribution in [-0.4, -0.2) is 30.1 Å². The first kappa shape index (κ1) is 11.7. The molecule has 0 spiro atoms. The van der Waals surface area contributed by atoms with Gasteiger partial charge in [-0.2, -0.15) is 0 Å². The van der Waals surface area contributed by atoms with Crippen molar-refractivity contribution in [2.45, 2.75) is 52.0 Å². The molecule has 2 aliphatic rings. The van der Waals surface area contributed by atoms with Crippen LogP contribution in [0.25, 0.3) is 0 Å². The Kier molecular flexibility index (Phi) is 3.72. The number of hydrogen-bond donors (Lipinski definition) is 1. The Morgan fingerprint density at radius 3 is 2.25 bits per heavy atom. The average Bonchev–Trinajstić information content (AvgIpc) is 2.23. The molecule has 1 aliphatic carbocycles. The molecule has 2 amide bonds. The van der Waals surface area contributed by atoms with Gasteiger partial charge >= 0.3 is 6.03 Å². The fourth-order valence-electron chi connectivity index (χ4n) is 2.59. The minimum absolute atomic E-state index is 0.173. The summed E-state index contributed by atoms with van der Waals surface area (Å²) in [5.74, 6) is 1.57. The second kappa shape index (κ2) is 5.07. The summed E-state index contributed by atoms with van der Waals surface area (Å²) in [6.45, 7) is 6.46. The number of piperidine rings is 1. The van der Waals surface area contributed by atoms with Crippen LogP contribution in [0.4, 0.5) is 4.79 Å². The molecule has 0 aromatic rings. The molecule has 1 saturated heterocycles. The minimum atomic E-state index is 0.173. The second-order valence-electron chi connectivity index (χ2n) is 5.65. The molecule has 3 heteroatoms. The van der Waals surface area contributed by atoms with Gasteiger partial charge in [-0.25, -0.2) is 4.79 Å². The van der Waals surface area contributed by atoms with Crippen molar-refractivity contribution in [3.8, 4) is 0 Å². The van der Waals surface area contributed by atoms with E-state index in [0.717, 1.165) is 24.9 Å². The molecule has 0 aromatic carbocycles. The maximum atomic E-state index is 11.9. The third kappa shape index (κ3) is 2.69. The number of hydrogen-bond acceptors (Lipinski definition) is 1. The number of urea groups is 1. The molecule has 0 unspecified atom stereocenters. The third-order valence-corrected chi connectivity index (χ3v) is 4.20. The summed E-state index contributed by atoms with van der Waals surface area (Å²) in [4.78, 5) is 13.9. The zero-order valence-corrected chi connectivity index (χ0v) is 10.5. The average molecular weight is 224 g/mol. The lowest BCUT2D eigenvalue weighted by molar-refractivity contribution is 0.149. The normalized spacial score (nSPS) is 23.3. The van der Waals surface area contributed by atoms with Gasteiger partial charge in [-0.3, -0.25) is 0 Å². The minimum Gasteiger partial charge on any atom is -0.335 e. The Hall–Kier alpha value is -0.730. The highest BCUT2D eigenvalue weighted by Crippen LogP contribution is 2.25. The van der Waals surface area contributed by atoms with Gasteiger partial charge in [0.25, 0.3) is 0 Å². The van der Waals surface area contributed by atoms with Crippen LogP contribution < -0.4 is 5.32 Å². The van der Waals surface area contributed by atoms with Crippen LogP contribution >= 0.6 is 0 Å². The van der Waals surface area contributed by atoms with Crippen LogP contribution in [0.1, 0.15) is 46.0 Å². The van der Waals surface area contributed by atoms with E-state index in [1.807, 2.05) is 4.90 Å². The van der Waals surface area contributed by atoms with Gasteiger partial charge in [-0.15, -0.1) is 0 Å². The van der Waals surface area contributed by atoms with Crippen LogP contribution in [0.5, 0.6) is 0 Å². The second-order valence-corrected chi connectivity index (χ2v) is 5.65. The number of rotatable bonds is 2. The molecule has 1 heterocycles. The molecule has 1 saturated carbocycles. The maximum absolute atomic E-state index is 11.9. The summed E-state index contributed by atoms with van der Waals surface area (Å²) in [7, 11) is 0. The van der Waals surface area contributed by atoms with Crippen LogP contribution in [0, 0.1) is 11.8 Å². The first-order valence-corrected chi connectivity index (χ1v) is 6.72. The number of likely N-dealkylation sites (tertiary alicyclic amines) is 1. The van der Waals surface area contributed by atoms with E-state index in [1.54, 1.807) is 0 Å². The number of amides is 2. The quantitative estimate of drug-likeness (QED) is 0.768.